The molecule has 0 saturated heterocycles. The molecule has 1 heterocycles. The molecule has 2 aromatic carbocycles. The van der Waals surface area contributed by atoms with Crippen molar-refractivity contribution >= 4 is 27.3 Å². The zero-order valence-electron chi connectivity index (χ0n) is 11.8. The third-order valence-corrected chi connectivity index (χ3v) is 4.56. The Labute approximate surface area is 133 Å². The third-order valence-electron chi connectivity index (χ3n) is 3.87. The second-order valence-electron chi connectivity index (χ2n) is 5.25. The monoisotopic (exact) mass is 341 g/mol. The highest BCUT2D eigenvalue weighted by Crippen LogP contribution is 2.31. The lowest BCUT2D eigenvalue weighted by Gasteiger charge is -2.17. The van der Waals surface area contributed by atoms with E-state index in [1.807, 2.05) is 30.3 Å². The summed E-state index contributed by atoms with van der Waals surface area (Å²) in [5.74, 6) is 0. The largest absolute Gasteiger partial charge is 0.374 e. The van der Waals surface area contributed by atoms with Crippen LogP contribution in [0.25, 0.3) is 0 Å². The van der Waals surface area contributed by atoms with Crippen molar-refractivity contribution in [2.24, 2.45) is 0 Å². The van der Waals surface area contributed by atoms with E-state index in [0.717, 1.165) is 28.7 Å². The van der Waals surface area contributed by atoms with E-state index >= 15 is 0 Å². The van der Waals surface area contributed by atoms with Crippen LogP contribution in [0, 0.1) is 11.3 Å². The van der Waals surface area contributed by atoms with Crippen molar-refractivity contribution in [3.63, 3.8) is 0 Å². The van der Waals surface area contributed by atoms with Crippen LogP contribution in [0.15, 0.2) is 46.9 Å². The summed E-state index contributed by atoms with van der Waals surface area (Å²) in [6, 6.07) is 16.2. The lowest BCUT2D eigenvalue weighted by Crippen LogP contribution is -2.12. The normalized spacial score (nSPS) is 14.4. The highest BCUT2D eigenvalue weighted by molar-refractivity contribution is 9.10. The topological polar surface area (TPSA) is 39.1 Å². The molecule has 1 aliphatic heterocycles. The van der Waals surface area contributed by atoms with Gasteiger partial charge in [-0.2, -0.15) is 5.26 Å². The molecule has 106 valence electrons. The summed E-state index contributed by atoms with van der Waals surface area (Å²) in [6.45, 7) is 1.05. The van der Waals surface area contributed by atoms with Gasteiger partial charge in [0.2, 0.25) is 0 Å². The number of likely N-dealkylation sites (N-methyl/N-ethyl adjacent to an activating group) is 1. The van der Waals surface area contributed by atoms with E-state index in [4.69, 9.17) is 0 Å². The molecule has 0 saturated carbocycles. The van der Waals surface area contributed by atoms with Crippen LogP contribution in [0.3, 0.4) is 0 Å². The van der Waals surface area contributed by atoms with E-state index in [0.29, 0.717) is 0 Å². The summed E-state index contributed by atoms with van der Waals surface area (Å²) >= 11 is 3.51. The van der Waals surface area contributed by atoms with Gasteiger partial charge < -0.3 is 10.2 Å². The smallest absolute Gasteiger partial charge is 0.140 e. The number of nitriles is 1. The summed E-state index contributed by atoms with van der Waals surface area (Å²) in [7, 11) is 2.10. The zero-order valence-corrected chi connectivity index (χ0v) is 13.4. The van der Waals surface area contributed by atoms with Crippen molar-refractivity contribution in [2.75, 3.05) is 23.8 Å². The number of nitrogens with zero attached hydrogens (tertiary/aromatic N) is 2. The van der Waals surface area contributed by atoms with Gasteiger partial charge in [0.25, 0.3) is 0 Å². The van der Waals surface area contributed by atoms with Crippen molar-refractivity contribution in [1.29, 1.82) is 5.26 Å². The van der Waals surface area contributed by atoms with Crippen molar-refractivity contribution in [2.45, 2.75) is 12.5 Å². The Balaban J connectivity index is 1.88. The molecule has 0 radical (unpaired) electrons. The maximum Gasteiger partial charge on any atom is 0.140 e. The first-order valence-electron chi connectivity index (χ1n) is 6.93. The Kier molecular flexibility index (Phi) is 3.85. The molecule has 0 fully saturated rings. The van der Waals surface area contributed by atoms with E-state index in [1.165, 1.54) is 11.3 Å². The van der Waals surface area contributed by atoms with Gasteiger partial charge in [0.05, 0.1) is 6.07 Å². The molecule has 0 aliphatic carbocycles. The Morgan fingerprint density at radius 3 is 2.86 bits per heavy atom. The van der Waals surface area contributed by atoms with Gasteiger partial charge in [-0.15, -0.1) is 0 Å². The number of benzene rings is 2. The SMILES string of the molecule is CN1CCc2cc(C(C#N)Nc3ccccc3Br)ccc21. The predicted octanol–water partition coefficient (Wildman–Crippen LogP) is 4.12. The molecule has 0 amide bonds. The summed E-state index contributed by atoms with van der Waals surface area (Å²) in [5, 5.41) is 12.8. The molecule has 21 heavy (non-hydrogen) atoms. The number of anilines is 2. The highest BCUT2D eigenvalue weighted by atomic mass is 79.9. The fraction of sp³-hybridized carbons (Fsp3) is 0.235. The van der Waals surface area contributed by atoms with Crippen LogP contribution in [0.1, 0.15) is 17.2 Å². The lowest BCUT2D eigenvalue weighted by molar-refractivity contribution is 0.954. The maximum atomic E-state index is 9.49. The van der Waals surface area contributed by atoms with Crippen LogP contribution in [0.4, 0.5) is 11.4 Å². The summed E-state index contributed by atoms with van der Waals surface area (Å²) < 4.78 is 0.964. The van der Waals surface area contributed by atoms with Crippen molar-refractivity contribution < 1.29 is 0 Å². The summed E-state index contributed by atoms with van der Waals surface area (Å²) in [4.78, 5) is 2.25. The number of fused-ring (bicyclic) bond motifs is 1. The molecule has 2 aromatic rings. The zero-order chi connectivity index (χ0) is 14.8. The number of hydrogen-bond donors (Lipinski definition) is 1. The first kappa shape index (κ1) is 14.0. The molecule has 0 bridgehead atoms. The second kappa shape index (κ2) is 5.79. The van der Waals surface area contributed by atoms with Crippen LogP contribution in [0.5, 0.6) is 0 Å². The van der Waals surface area contributed by atoms with Crippen LogP contribution < -0.4 is 10.2 Å². The van der Waals surface area contributed by atoms with Gasteiger partial charge in [-0.1, -0.05) is 24.3 Å². The number of rotatable bonds is 3. The van der Waals surface area contributed by atoms with Crippen molar-refractivity contribution in [3.8, 4) is 6.07 Å². The van der Waals surface area contributed by atoms with Gasteiger partial charge in [-0.25, -0.2) is 0 Å². The standard InChI is InChI=1S/C17H16BrN3/c1-21-9-8-13-10-12(6-7-17(13)21)16(11-19)20-15-5-3-2-4-14(15)18/h2-7,10,16,20H,8-9H2,1H3. The Hall–Kier alpha value is -1.99. The minimum absolute atomic E-state index is 0.347. The minimum atomic E-state index is -0.347. The van der Waals surface area contributed by atoms with E-state index in [1.54, 1.807) is 0 Å². The number of para-hydroxylation sites is 1. The van der Waals surface area contributed by atoms with Crippen LogP contribution in [-0.2, 0) is 6.42 Å². The van der Waals surface area contributed by atoms with Gasteiger partial charge >= 0.3 is 0 Å². The quantitative estimate of drug-likeness (QED) is 0.912. The van der Waals surface area contributed by atoms with E-state index in [9.17, 15) is 5.26 Å². The van der Waals surface area contributed by atoms with Crippen LogP contribution in [-0.4, -0.2) is 13.6 Å². The number of nitrogens with one attached hydrogen (secondary N) is 1. The van der Waals surface area contributed by atoms with Gasteiger partial charge in [0.1, 0.15) is 6.04 Å². The molecule has 3 nitrogen and oxygen atoms in total. The molecular weight excluding hydrogens is 326 g/mol. The fourth-order valence-electron chi connectivity index (χ4n) is 2.69. The van der Waals surface area contributed by atoms with Gasteiger partial charge in [0, 0.05) is 29.4 Å². The molecule has 1 unspecified atom stereocenters. The lowest BCUT2D eigenvalue weighted by atomic mass is 10.0. The highest BCUT2D eigenvalue weighted by Gasteiger charge is 2.19. The molecule has 1 atom stereocenters. The second-order valence-corrected chi connectivity index (χ2v) is 6.10. The number of halogens is 1. The van der Waals surface area contributed by atoms with Gasteiger partial charge in [-0.05, 0) is 51.7 Å². The van der Waals surface area contributed by atoms with Gasteiger partial charge in [0.15, 0.2) is 0 Å². The third kappa shape index (κ3) is 2.74. The molecule has 3 rings (SSSR count). The van der Waals surface area contributed by atoms with E-state index < -0.39 is 0 Å². The first-order valence-corrected chi connectivity index (χ1v) is 7.73. The predicted molar refractivity (Wildman–Crippen MR) is 89.5 cm³/mol. The average molecular weight is 342 g/mol. The molecule has 1 N–H and O–H groups in total. The average Bonchev–Trinajstić information content (AvgIpc) is 2.87. The van der Waals surface area contributed by atoms with Crippen LogP contribution in [0.2, 0.25) is 0 Å². The Morgan fingerprint density at radius 1 is 1.29 bits per heavy atom. The first-order chi connectivity index (χ1) is 10.2. The fourth-order valence-corrected chi connectivity index (χ4v) is 3.09. The van der Waals surface area contributed by atoms with Gasteiger partial charge in [-0.3, -0.25) is 0 Å². The van der Waals surface area contributed by atoms with E-state index in [2.05, 4.69) is 51.4 Å². The van der Waals surface area contributed by atoms with Crippen molar-refractivity contribution in [1.82, 2.24) is 0 Å². The molecular formula is C17H16BrN3. The Morgan fingerprint density at radius 2 is 2.10 bits per heavy atom. The minimum Gasteiger partial charge on any atom is -0.374 e. The molecule has 0 spiro atoms. The molecule has 1 aliphatic rings. The molecule has 4 heteroatoms. The maximum absolute atomic E-state index is 9.49. The summed E-state index contributed by atoms with van der Waals surface area (Å²) in [5.41, 5.74) is 4.55. The van der Waals surface area contributed by atoms with Crippen molar-refractivity contribution in [3.05, 3.63) is 58.1 Å². The Bertz CT molecular complexity index is 705. The molecule has 0 aromatic heterocycles. The van der Waals surface area contributed by atoms with Crippen LogP contribution >= 0.6 is 15.9 Å². The van der Waals surface area contributed by atoms with E-state index in [-0.39, 0.29) is 6.04 Å². The summed E-state index contributed by atoms with van der Waals surface area (Å²) in [6.07, 6.45) is 1.05. The number of hydrogen-bond acceptors (Lipinski definition) is 3.